The first kappa shape index (κ1) is 15.1. The summed E-state index contributed by atoms with van der Waals surface area (Å²) in [6.07, 6.45) is 3.22. The maximum atomic E-state index is 11.1. The highest BCUT2D eigenvalue weighted by molar-refractivity contribution is 9.10. The number of rotatable bonds is 5. The molecule has 2 heterocycles. The van der Waals surface area contributed by atoms with Crippen molar-refractivity contribution in [3.63, 3.8) is 0 Å². The fourth-order valence-corrected chi connectivity index (χ4v) is 2.57. The third-order valence-electron chi connectivity index (χ3n) is 3.20. The zero-order chi connectivity index (χ0) is 14.5. The molecule has 0 spiro atoms. The highest BCUT2D eigenvalue weighted by Gasteiger charge is 2.26. The van der Waals surface area contributed by atoms with Crippen LogP contribution < -0.4 is 4.90 Å². The first-order chi connectivity index (χ1) is 9.61. The van der Waals surface area contributed by atoms with E-state index >= 15 is 0 Å². The second-order valence-corrected chi connectivity index (χ2v) is 5.45. The second kappa shape index (κ2) is 6.96. The predicted molar refractivity (Wildman–Crippen MR) is 76.9 cm³/mol. The SMILES string of the molecule is O=[N+]([O-])c1cc(Br)cnc1N1CCC(OCCO)CC1. The van der Waals surface area contributed by atoms with Gasteiger partial charge in [-0.3, -0.25) is 10.1 Å². The van der Waals surface area contributed by atoms with Gasteiger partial charge in [-0.2, -0.15) is 0 Å². The highest BCUT2D eigenvalue weighted by Crippen LogP contribution is 2.30. The predicted octanol–water partition coefficient (Wildman–Crippen LogP) is 1.73. The van der Waals surface area contributed by atoms with Gasteiger partial charge in [-0.15, -0.1) is 0 Å². The molecule has 0 atom stereocenters. The van der Waals surface area contributed by atoms with E-state index in [4.69, 9.17) is 9.84 Å². The minimum absolute atomic E-state index is 0.00843. The van der Waals surface area contributed by atoms with Gasteiger partial charge in [0, 0.05) is 29.8 Å². The Balaban J connectivity index is 2.05. The molecule has 7 nitrogen and oxygen atoms in total. The Morgan fingerprint density at radius 1 is 1.55 bits per heavy atom. The van der Waals surface area contributed by atoms with Gasteiger partial charge >= 0.3 is 5.69 Å². The molecule has 1 aliphatic rings. The van der Waals surface area contributed by atoms with Crippen molar-refractivity contribution in [1.82, 2.24) is 4.98 Å². The van der Waals surface area contributed by atoms with Gasteiger partial charge in [0.15, 0.2) is 0 Å². The Morgan fingerprint density at radius 2 is 2.25 bits per heavy atom. The molecule has 0 radical (unpaired) electrons. The number of hydrogen-bond acceptors (Lipinski definition) is 6. The first-order valence-electron chi connectivity index (χ1n) is 6.39. The lowest BCUT2D eigenvalue weighted by atomic mass is 10.1. The van der Waals surface area contributed by atoms with Gasteiger partial charge in [0.25, 0.3) is 0 Å². The summed E-state index contributed by atoms with van der Waals surface area (Å²) in [4.78, 5) is 16.7. The van der Waals surface area contributed by atoms with E-state index < -0.39 is 4.92 Å². The van der Waals surface area contributed by atoms with Gasteiger partial charge in [-0.1, -0.05) is 0 Å². The summed E-state index contributed by atoms with van der Waals surface area (Å²) in [5.74, 6) is 0.402. The molecule has 1 aliphatic heterocycles. The molecule has 1 N–H and O–H groups in total. The number of aliphatic hydroxyl groups excluding tert-OH is 1. The van der Waals surface area contributed by atoms with Crippen LogP contribution in [0.25, 0.3) is 0 Å². The van der Waals surface area contributed by atoms with Gasteiger partial charge in [-0.25, -0.2) is 4.98 Å². The van der Waals surface area contributed by atoms with Crippen LogP contribution in [0, 0.1) is 10.1 Å². The van der Waals surface area contributed by atoms with Crippen molar-refractivity contribution in [3.05, 3.63) is 26.9 Å². The average molecular weight is 346 g/mol. The number of aromatic nitrogens is 1. The molecule has 8 heteroatoms. The van der Waals surface area contributed by atoms with Crippen LogP contribution in [0.4, 0.5) is 11.5 Å². The minimum atomic E-state index is -0.415. The van der Waals surface area contributed by atoms with Crippen LogP contribution in [0.1, 0.15) is 12.8 Å². The summed E-state index contributed by atoms with van der Waals surface area (Å²) < 4.78 is 6.07. The van der Waals surface area contributed by atoms with Crippen molar-refractivity contribution in [3.8, 4) is 0 Å². The number of hydrogen-bond donors (Lipinski definition) is 1. The van der Waals surface area contributed by atoms with Crippen LogP contribution in [0.3, 0.4) is 0 Å². The molecule has 0 aromatic carbocycles. The van der Waals surface area contributed by atoms with Crippen molar-refractivity contribution in [2.75, 3.05) is 31.2 Å². The topological polar surface area (TPSA) is 88.7 Å². The number of nitro groups is 1. The zero-order valence-electron chi connectivity index (χ0n) is 10.9. The number of anilines is 1. The normalized spacial score (nSPS) is 16.4. The standard InChI is InChI=1S/C12H16BrN3O4/c13-9-7-11(16(18)19)12(14-8-9)15-3-1-10(2-4-15)20-6-5-17/h7-8,10,17H,1-6H2. The maximum absolute atomic E-state index is 11.1. The summed E-state index contributed by atoms with van der Waals surface area (Å²) in [7, 11) is 0. The first-order valence-corrected chi connectivity index (χ1v) is 7.18. The monoisotopic (exact) mass is 345 g/mol. The highest BCUT2D eigenvalue weighted by atomic mass is 79.9. The van der Waals surface area contributed by atoms with E-state index in [-0.39, 0.29) is 18.4 Å². The molecule has 1 saturated heterocycles. The third kappa shape index (κ3) is 3.65. The van der Waals surface area contributed by atoms with Gasteiger partial charge in [0.05, 0.1) is 24.2 Å². The molecule has 2 rings (SSSR count). The Bertz CT molecular complexity index is 478. The lowest BCUT2D eigenvalue weighted by molar-refractivity contribution is -0.384. The second-order valence-electron chi connectivity index (χ2n) is 4.53. The summed E-state index contributed by atoms with van der Waals surface area (Å²) in [5.41, 5.74) is 0.00843. The molecule has 0 amide bonds. The van der Waals surface area contributed by atoms with Crippen molar-refractivity contribution in [1.29, 1.82) is 0 Å². The quantitative estimate of drug-likeness (QED) is 0.645. The number of ether oxygens (including phenoxy) is 1. The lowest BCUT2D eigenvalue weighted by Gasteiger charge is -2.32. The number of piperidine rings is 1. The molecule has 0 aliphatic carbocycles. The molecule has 0 unspecified atom stereocenters. The van der Waals surface area contributed by atoms with Crippen molar-refractivity contribution in [2.45, 2.75) is 18.9 Å². The zero-order valence-corrected chi connectivity index (χ0v) is 12.5. The van der Waals surface area contributed by atoms with Crippen LogP contribution in [0.5, 0.6) is 0 Å². The number of pyridine rings is 1. The number of halogens is 1. The Labute approximate surface area is 124 Å². The number of nitrogens with zero attached hydrogens (tertiary/aromatic N) is 3. The summed E-state index contributed by atoms with van der Waals surface area (Å²) in [6, 6.07) is 1.47. The van der Waals surface area contributed by atoms with Gasteiger partial charge in [0.1, 0.15) is 0 Å². The Hall–Kier alpha value is -1.25. The van der Waals surface area contributed by atoms with E-state index in [2.05, 4.69) is 20.9 Å². The Kier molecular flexibility index (Phi) is 5.27. The maximum Gasteiger partial charge on any atom is 0.312 e. The molecule has 1 aromatic rings. The largest absolute Gasteiger partial charge is 0.394 e. The van der Waals surface area contributed by atoms with Crippen molar-refractivity contribution >= 4 is 27.4 Å². The molecule has 110 valence electrons. The van der Waals surface area contributed by atoms with Crippen LogP contribution in [-0.4, -0.2) is 47.4 Å². The van der Waals surface area contributed by atoms with Crippen molar-refractivity contribution in [2.24, 2.45) is 0 Å². The van der Waals surface area contributed by atoms with E-state index in [9.17, 15) is 10.1 Å². The Morgan fingerprint density at radius 3 is 2.85 bits per heavy atom. The van der Waals surface area contributed by atoms with E-state index in [1.54, 1.807) is 6.20 Å². The average Bonchev–Trinajstić information content (AvgIpc) is 2.45. The molecule has 0 saturated carbocycles. The number of aliphatic hydroxyl groups is 1. The summed E-state index contributed by atoms with van der Waals surface area (Å²) in [5, 5.41) is 19.8. The van der Waals surface area contributed by atoms with Crippen LogP contribution >= 0.6 is 15.9 Å². The molecule has 0 bridgehead atoms. The third-order valence-corrected chi connectivity index (χ3v) is 3.63. The molecular formula is C12H16BrN3O4. The molecular weight excluding hydrogens is 330 g/mol. The van der Waals surface area contributed by atoms with E-state index in [0.717, 1.165) is 12.8 Å². The van der Waals surface area contributed by atoms with Crippen LogP contribution in [0.15, 0.2) is 16.7 Å². The van der Waals surface area contributed by atoms with Crippen LogP contribution in [-0.2, 0) is 4.74 Å². The minimum Gasteiger partial charge on any atom is -0.394 e. The fourth-order valence-electron chi connectivity index (χ4n) is 2.25. The van der Waals surface area contributed by atoms with E-state index in [0.29, 0.717) is 30.0 Å². The lowest BCUT2D eigenvalue weighted by Crippen LogP contribution is -2.38. The summed E-state index contributed by atoms with van der Waals surface area (Å²) >= 11 is 3.20. The van der Waals surface area contributed by atoms with E-state index in [1.807, 2.05) is 4.90 Å². The summed E-state index contributed by atoms with van der Waals surface area (Å²) in [6.45, 7) is 1.67. The van der Waals surface area contributed by atoms with Gasteiger partial charge < -0.3 is 14.7 Å². The molecule has 20 heavy (non-hydrogen) atoms. The van der Waals surface area contributed by atoms with Crippen LogP contribution in [0.2, 0.25) is 0 Å². The van der Waals surface area contributed by atoms with Gasteiger partial charge in [0.2, 0.25) is 5.82 Å². The fraction of sp³-hybridized carbons (Fsp3) is 0.583. The smallest absolute Gasteiger partial charge is 0.312 e. The molecule has 1 fully saturated rings. The van der Waals surface area contributed by atoms with E-state index in [1.165, 1.54) is 6.07 Å². The molecule has 1 aromatic heterocycles. The van der Waals surface area contributed by atoms with Crippen molar-refractivity contribution < 1.29 is 14.8 Å². The van der Waals surface area contributed by atoms with Gasteiger partial charge in [-0.05, 0) is 28.8 Å².